The number of aliphatic carboxylic acids is 2. The molecule has 0 aliphatic carbocycles. The number of rotatable bonds is 3. The molecule has 0 bridgehead atoms. The zero-order valence-electron chi connectivity index (χ0n) is 9.76. The standard InChI is InChI=1S/C4H6O6.K.2Na.H2O4S/c5-1(3(7)8)2(6)4(9)10;;;;1-5(2,3)4/h1-2,5-6H,(H,7,8)(H,9,10);;;;(H2,1,2,3,4)/q;3*+1;/p-3. The van der Waals surface area contributed by atoms with Crippen molar-refractivity contribution in [2.24, 2.45) is 0 Å². The Morgan fingerprint density at radius 3 is 1.11 bits per heavy atom. The maximum Gasteiger partial charge on any atom is 1.00 e. The minimum absolute atomic E-state index is 0. The van der Waals surface area contributed by atoms with Crippen molar-refractivity contribution in [3.05, 3.63) is 0 Å². The molecular formula is C4H5KNa2O10S. The van der Waals surface area contributed by atoms with Crippen LogP contribution in [-0.4, -0.2) is 51.9 Å². The molecule has 0 aliphatic rings. The topological polar surface area (TPSA) is 198 Å². The van der Waals surface area contributed by atoms with E-state index >= 15 is 0 Å². The predicted octanol–water partition coefficient (Wildman–Crippen LogP) is -14.8. The van der Waals surface area contributed by atoms with Gasteiger partial charge in [0, 0.05) is 0 Å². The largest absolute Gasteiger partial charge is 1.00 e. The van der Waals surface area contributed by atoms with Crippen LogP contribution >= 0.6 is 0 Å². The first kappa shape index (κ1) is 32.3. The molecule has 0 aromatic carbocycles. The van der Waals surface area contributed by atoms with Crippen LogP contribution in [0.5, 0.6) is 0 Å². The molecule has 0 saturated carbocycles. The molecule has 0 aromatic rings. The number of carboxylic acids is 2. The summed E-state index contributed by atoms with van der Waals surface area (Å²) < 4.78 is 32.8. The Kier molecular flexibility index (Phi) is 28.3. The minimum atomic E-state index is -4.92. The minimum Gasteiger partial charge on any atom is -0.726 e. The van der Waals surface area contributed by atoms with Crippen LogP contribution in [0.15, 0.2) is 0 Å². The van der Waals surface area contributed by atoms with Gasteiger partial charge >= 0.3 is 110 Å². The summed E-state index contributed by atoms with van der Waals surface area (Å²) >= 11 is 0. The molecule has 0 radical (unpaired) electrons. The Morgan fingerprint density at radius 1 is 0.944 bits per heavy atom. The van der Waals surface area contributed by atoms with Gasteiger partial charge in [-0.25, -0.2) is 8.42 Å². The Morgan fingerprint density at radius 2 is 1.06 bits per heavy atom. The fourth-order valence-corrected chi connectivity index (χ4v) is 0.258. The molecule has 2 unspecified atom stereocenters. The molecular weight excluding hydrogens is 325 g/mol. The van der Waals surface area contributed by atoms with Gasteiger partial charge < -0.3 is 34.6 Å². The second-order valence-corrected chi connectivity index (χ2v) is 2.81. The van der Waals surface area contributed by atoms with E-state index in [4.69, 9.17) is 27.7 Å². The quantitative estimate of drug-likeness (QED) is 0.253. The molecule has 0 aliphatic heterocycles. The molecule has 10 nitrogen and oxygen atoms in total. The second kappa shape index (κ2) is 15.7. The van der Waals surface area contributed by atoms with Gasteiger partial charge in [0.15, 0.2) is 0 Å². The van der Waals surface area contributed by atoms with Crippen LogP contribution in [0.2, 0.25) is 0 Å². The maximum atomic E-state index is 9.63. The average molecular weight is 330 g/mol. The van der Waals surface area contributed by atoms with E-state index in [1.54, 1.807) is 0 Å². The smallest absolute Gasteiger partial charge is 0.726 e. The Balaban J connectivity index is -0.0000000621. The maximum absolute atomic E-state index is 9.63. The van der Waals surface area contributed by atoms with Crippen LogP contribution in [0.4, 0.5) is 0 Å². The summed E-state index contributed by atoms with van der Waals surface area (Å²) in [5, 5.41) is 35.7. The van der Waals surface area contributed by atoms with Crippen molar-refractivity contribution < 1.29 is 158 Å². The summed E-state index contributed by atoms with van der Waals surface area (Å²) in [6, 6.07) is 0. The summed E-state index contributed by atoms with van der Waals surface area (Å²) in [6.45, 7) is 0. The van der Waals surface area contributed by atoms with Crippen molar-refractivity contribution in [3.8, 4) is 0 Å². The van der Waals surface area contributed by atoms with Crippen molar-refractivity contribution >= 4 is 22.3 Å². The van der Waals surface area contributed by atoms with Crippen molar-refractivity contribution in [1.82, 2.24) is 0 Å². The van der Waals surface area contributed by atoms with Gasteiger partial charge in [0.05, 0.1) is 11.9 Å². The van der Waals surface area contributed by atoms with Gasteiger partial charge in [-0.3, -0.25) is 4.55 Å². The Bertz CT molecular complexity index is 305. The molecule has 0 spiro atoms. The summed E-state index contributed by atoms with van der Waals surface area (Å²) in [5.74, 6) is -4.12. The fraction of sp³-hybridized carbons (Fsp3) is 0.500. The number of aliphatic hydroxyl groups is 2. The van der Waals surface area contributed by atoms with Crippen molar-refractivity contribution in [2.75, 3.05) is 0 Å². The van der Waals surface area contributed by atoms with Crippen LogP contribution in [0, 0.1) is 0 Å². The van der Waals surface area contributed by atoms with Gasteiger partial charge in [0.25, 0.3) is 0 Å². The van der Waals surface area contributed by atoms with E-state index in [2.05, 4.69) is 0 Å². The van der Waals surface area contributed by atoms with Gasteiger partial charge in [-0.05, 0) is 0 Å². The monoisotopic (exact) mass is 330 g/mol. The SMILES string of the molecule is O=C([O-])C(O)C(O)C(=O)[O-].O=S(=O)([O-])O.[K+].[Na+].[Na+]. The van der Waals surface area contributed by atoms with Gasteiger partial charge in [-0.2, -0.15) is 0 Å². The molecule has 90 valence electrons. The average Bonchev–Trinajstić information content (AvgIpc) is 1.98. The Hall–Kier alpha value is 2.37. The second-order valence-electron chi connectivity index (χ2n) is 1.96. The van der Waals surface area contributed by atoms with E-state index in [-0.39, 0.29) is 110 Å². The van der Waals surface area contributed by atoms with Gasteiger partial charge in [-0.15, -0.1) is 0 Å². The fourth-order valence-electron chi connectivity index (χ4n) is 0.258. The van der Waals surface area contributed by atoms with Crippen molar-refractivity contribution in [2.45, 2.75) is 12.2 Å². The van der Waals surface area contributed by atoms with E-state index in [0.29, 0.717) is 0 Å². The summed E-state index contributed by atoms with van der Waals surface area (Å²) in [6.07, 6.45) is -4.88. The van der Waals surface area contributed by atoms with Crippen molar-refractivity contribution in [1.29, 1.82) is 0 Å². The zero-order chi connectivity index (χ0) is 12.8. The first-order valence-electron chi connectivity index (χ1n) is 2.93. The van der Waals surface area contributed by atoms with Crippen LogP contribution in [0.1, 0.15) is 0 Å². The van der Waals surface area contributed by atoms with Crippen LogP contribution < -0.4 is 121 Å². The van der Waals surface area contributed by atoms with Crippen molar-refractivity contribution in [3.63, 3.8) is 0 Å². The van der Waals surface area contributed by atoms with Crippen LogP contribution in [-0.2, 0) is 20.0 Å². The Labute approximate surface area is 189 Å². The third-order valence-electron chi connectivity index (χ3n) is 0.782. The molecule has 3 N–H and O–H groups in total. The number of carbonyl (C=O) groups excluding carboxylic acids is 2. The van der Waals surface area contributed by atoms with Gasteiger partial charge in [0.1, 0.15) is 12.2 Å². The van der Waals surface area contributed by atoms with E-state index in [0.717, 1.165) is 0 Å². The number of carboxylic acid groups (broad SMARTS) is 2. The molecule has 0 heterocycles. The normalized spacial score (nSPS) is 12.0. The molecule has 0 rings (SSSR count). The number of hydrogen-bond acceptors (Lipinski definition) is 9. The number of carbonyl (C=O) groups is 2. The molecule has 0 fully saturated rings. The van der Waals surface area contributed by atoms with E-state index < -0.39 is 34.5 Å². The van der Waals surface area contributed by atoms with E-state index in [9.17, 15) is 19.8 Å². The van der Waals surface area contributed by atoms with E-state index in [1.807, 2.05) is 0 Å². The number of aliphatic hydroxyl groups excluding tert-OH is 2. The summed E-state index contributed by atoms with van der Waals surface area (Å²) in [5.41, 5.74) is 0. The van der Waals surface area contributed by atoms with Crippen LogP contribution in [0.3, 0.4) is 0 Å². The number of hydrogen-bond donors (Lipinski definition) is 3. The summed E-state index contributed by atoms with van der Waals surface area (Å²) in [7, 11) is -4.92. The first-order valence-corrected chi connectivity index (χ1v) is 4.29. The zero-order valence-corrected chi connectivity index (χ0v) is 17.7. The van der Waals surface area contributed by atoms with Gasteiger partial charge in [-0.1, -0.05) is 0 Å². The van der Waals surface area contributed by atoms with Crippen LogP contribution in [0.25, 0.3) is 0 Å². The predicted molar refractivity (Wildman–Crippen MR) is 34.4 cm³/mol. The summed E-state index contributed by atoms with van der Waals surface area (Å²) in [4.78, 5) is 19.3. The molecule has 0 saturated heterocycles. The molecule has 0 aromatic heterocycles. The third-order valence-corrected chi connectivity index (χ3v) is 0.782. The van der Waals surface area contributed by atoms with E-state index in [1.165, 1.54) is 0 Å². The van der Waals surface area contributed by atoms with Gasteiger partial charge in [0.2, 0.25) is 10.4 Å². The molecule has 2 atom stereocenters. The third kappa shape index (κ3) is 26.8. The molecule has 18 heavy (non-hydrogen) atoms. The first-order chi connectivity index (χ1) is 6.46. The molecule has 0 amide bonds. The molecule has 14 heteroatoms.